The second-order valence-corrected chi connectivity index (χ2v) is 9.42. The number of hydrogen-bond donors (Lipinski definition) is 5. The van der Waals surface area contributed by atoms with Gasteiger partial charge in [-0.25, -0.2) is 4.79 Å². The van der Waals surface area contributed by atoms with Crippen molar-refractivity contribution < 1.29 is 47.0 Å². The molecule has 1 aliphatic rings. The Kier molecular flexibility index (Phi) is 5.72. The van der Waals surface area contributed by atoms with Crippen LogP contribution in [0.2, 0.25) is 0 Å². The third kappa shape index (κ3) is 4.72. The number of anilines is 1. The summed E-state index contributed by atoms with van der Waals surface area (Å²) in [4.78, 5) is 41.6. The Hall–Kier alpha value is -1.24. The number of aromatic nitrogens is 2. The van der Waals surface area contributed by atoms with E-state index in [0.717, 1.165) is 12.3 Å². The van der Waals surface area contributed by atoms with Crippen molar-refractivity contribution in [3.05, 3.63) is 22.7 Å². The van der Waals surface area contributed by atoms with Crippen LogP contribution in [-0.2, 0) is 18.4 Å². The number of hydrogen-bond acceptors (Lipinski definition) is 8. The Labute approximate surface area is 143 Å². The van der Waals surface area contributed by atoms with Crippen LogP contribution in [0.4, 0.5) is 14.6 Å². The third-order valence-corrected chi connectivity index (χ3v) is 6.74. The van der Waals surface area contributed by atoms with E-state index in [4.69, 9.17) is 20.3 Å². The van der Waals surface area contributed by atoms with Gasteiger partial charge < -0.3 is 34.8 Å². The van der Waals surface area contributed by atoms with Crippen LogP contribution in [0.25, 0.3) is 0 Å². The highest BCUT2D eigenvalue weighted by Crippen LogP contribution is 2.56. The number of halogens is 2. The lowest BCUT2D eigenvalue weighted by Crippen LogP contribution is -2.41. The summed E-state index contributed by atoms with van der Waals surface area (Å²) in [6.07, 6.45) is -5.83. The first-order chi connectivity index (χ1) is 11.7. The Bertz CT molecular complexity index is 828. The van der Waals surface area contributed by atoms with E-state index in [1.165, 1.54) is 0 Å². The summed E-state index contributed by atoms with van der Waals surface area (Å²) in [5.41, 5.74) is 4.07. The van der Waals surface area contributed by atoms with Crippen molar-refractivity contribution in [1.29, 1.82) is 0 Å². The minimum atomic E-state index is -4.92. The van der Waals surface area contributed by atoms with Gasteiger partial charge in [-0.3, -0.25) is 13.7 Å². The molecule has 1 unspecified atom stereocenters. The standard InChI is InChI=1S/C10H15F2N3O9P2/c11-10(12)7(16)5(3-23-26(21,22)4-25(18,19)20)24-8(10)15-2-1-6(13)14-9(15)17/h1-2,5,7-8,16H,3-4H2,(H,21,22)(H2,13,14,17)(H2,18,19,20)/t5-,7-,8-/m1/s1. The minimum Gasteiger partial charge on any atom is -0.384 e. The van der Waals surface area contributed by atoms with Gasteiger partial charge in [0.2, 0.25) is 6.23 Å². The van der Waals surface area contributed by atoms with Crippen molar-refractivity contribution >= 4 is 21.0 Å². The molecule has 148 valence electrons. The SMILES string of the molecule is Nc1ccn([C@@H]2O[C@H](COP(=O)(O)CP(=O)(O)O)[C@@H](O)C2(F)F)c(=O)n1. The maximum absolute atomic E-state index is 14.2. The van der Waals surface area contributed by atoms with Crippen molar-refractivity contribution in [3.8, 4) is 0 Å². The predicted molar refractivity (Wildman–Crippen MR) is 80.5 cm³/mol. The predicted octanol–water partition coefficient (Wildman–Crippen LogP) is -0.944. The van der Waals surface area contributed by atoms with Crippen LogP contribution in [-0.4, -0.2) is 60.0 Å². The summed E-state index contributed by atoms with van der Waals surface area (Å²) in [7, 11) is -9.75. The number of aliphatic hydroxyl groups excluding tert-OH is 1. The molecule has 1 aliphatic heterocycles. The summed E-state index contributed by atoms with van der Waals surface area (Å²) in [5, 5.41) is 9.68. The molecule has 1 aromatic rings. The zero-order valence-corrected chi connectivity index (χ0v) is 14.5. The molecule has 2 heterocycles. The van der Waals surface area contributed by atoms with Crippen molar-refractivity contribution in [2.24, 2.45) is 0 Å². The molecule has 0 aliphatic carbocycles. The fraction of sp³-hybridized carbons (Fsp3) is 0.600. The first kappa shape index (κ1) is 21.1. The topological polar surface area (TPSA) is 194 Å². The zero-order chi connectivity index (χ0) is 19.9. The highest BCUT2D eigenvalue weighted by molar-refractivity contribution is 7.70. The lowest BCUT2D eigenvalue weighted by Gasteiger charge is -2.20. The van der Waals surface area contributed by atoms with Crippen LogP contribution in [0.1, 0.15) is 6.23 Å². The average Bonchev–Trinajstić information content (AvgIpc) is 2.66. The molecular weight excluding hydrogens is 406 g/mol. The van der Waals surface area contributed by atoms with Gasteiger partial charge in [-0.1, -0.05) is 0 Å². The molecule has 16 heteroatoms. The van der Waals surface area contributed by atoms with Gasteiger partial charge in [0.05, 0.1) is 6.61 Å². The van der Waals surface area contributed by atoms with Crippen molar-refractivity contribution in [2.75, 3.05) is 18.2 Å². The van der Waals surface area contributed by atoms with E-state index < -0.39 is 57.7 Å². The lowest BCUT2D eigenvalue weighted by molar-refractivity contribution is -0.140. The number of nitrogens with zero attached hydrogens (tertiary/aromatic N) is 2. The maximum atomic E-state index is 14.2. The van der Waals surface area contributed by atoms with Gasteiger partial charge in [-0.05, 0) is 6.07 Å². The van der Waals surface area contributed by atoms with Crippen molar-refractivity contribution in [1.82, 2.24) is 9.55 Å². The normalized spacial score (nSPS) is 28.0. The third-order valence-electron chi connectivity index (χ3n) is 3.29. The van der Waals surface area contributed by atoms with Gasteiger partial charge in [0.1, 0.15) is 11.9 Å². The first-order valence-electron chi connectivity index (χ1n) is 6.80. The van der Waals surface area contributed by atoms with E-state index in [1.54, 1.807) is 0 Å². The van der Waals surface area contributed by atoms with Crippen LogP contribution in [0.15, 0.2) is 17.1 Å². The number of rotatable bonds is 6. The molecule has 2 rings (SSSR count). The van der Waals surface area contributed by atoms with E-state index in [2.05, 4.69) is 9.51 Å². The number of nitrogens with two attached hydrogens (primary N) is 1. The van der Waals surface area contributed by atoms with Crippen LogP contribution in [0, 0.1) is 0 Å². The molecule has 1 fully saturated rings. The summed E-state index contributed by atoms with van der Waals surface area (Å²) in [6.45, 7) is -1.09. The highest BCUT2D eigenvalue weighted by Gasteiger charge is 2.60. The molecular formula is C10H15F2N3O9P2. The second-order valence-electron chi connectivity index (χ2n) is 5.43. The number of aliphatic hydroxyl groups is 1. The van der Waals surface area contributed by atoms with Crippen LogP contribution in [0.3, 0.4) is 0 Å². The number of ether oxygens (including phenoxy) is 1. The monoisotopic (exact) mass is 421 g/mol. The fourth-order valence-electron chi connectivity index (χ4n) is 2.17. The molecule has 0 amide bonds. The lowest BCUT2D eigenvalue weighted by atomic mass is 10.1. The molecule has 26 heavy (non-hydrogen) atoms. The second kappa shape index (κ2) is 7.06. The van der Waals surface area contributed by atoms with E-state index in [1.807, 2.05) is 0 Å². The Morgan fingerprint density at radius 3 is 2.54 bits per heavy atom. The Morgan fingerprint density at radius 1 is 1.38 bits per heavy atom. The highest BCUT2D eigenvalue weighted by atomic mass is 31.2. The molecule has 0 bridgehead atoms. The molecule has 6 N–H and O–H groups in total. The van der Waals surface area contributed by atoms with Gasteiger partial charge in [-0.2, -0.15) is 13.8 Å². The largest absolute Gasteiger partial charge is 0.384 e. The quantitative estimate of drug-likeness (QED) is 0.356. The van der Waals surface area contributed by atoms with Crippen molar-refractivity contribution in [3.63, 3.8) is 0 Å². The zero-order valence-electron chi connectivity index (χ0n) is 12.8. The molecule has 4 atom stereocenters. The fourth-order valence-corrected chi connectivity index (χ4v) is 4.74. The minimum absolute atomic E-state index is 0.230. The van der Waals surface area contributed by atoms with E-state index in [-0.39, 0.29) is 5.82 Å². The van der Waals surface area contributed by atoms with E-state index in [0.29, 0.717) is 4.57 Å². The number of alkyl halides is 2. The van der Waals surface area contributed by atoms with Crippen LogP contribution >= 0.6 is 15.2 Å². The molecule has 1 aromatic heterocycles. The Morgan fingerprint density at radius 2 is 2.00 bits per heavy atom. The molecule has 0 spiro atoms. The van der Waals surface area contributed by atoms with E-state index >= 15 is 0 Å². The first-order valence-corrected chi connectivity index (χ1v) is 10.4. The smallest absolute Gasteiger partial charge is 0.351 e. The van der Waals surface area contributed by atoms with E-state index in [9.17, 15) is 32.7 Å². The summed E-state index contributed by atoms with van der Waals surface area (Å²) in [6, 6.07) is 1.04. The Balaban J connectivity index is 2.17. The van der Waals surface area contributed by atoms with Crippen LogP contribution < -0.4 is 11.4 Å². The molecule has 12 nitrogen and oxygen atoms in total. The maximum Gasteiger partial charge on any atom is 0.351 e. The van der Waals surface area contributed by atoms with Gasteiger partial charge >= 0.3 is 26.8 Å². The number of nitrogen functional groups attached to an aromatic ring is 1. The van der Waals surface area contributed by atoms with Crippen molar-refractivity contribution in [2.45, 2.75) is 24.4 Å². The van der Waals surface area contributed by atoms with Gasteiger partial charge in [0.15, 0.2) is 12.0 Å². The molecule has 1 saturated heterocycles. The van der Waals surface area contributed by atoms with Gasteiger partial charge in [0.25, 0.3) is 0 Å². The summed E-state index contributed by atoms with van der Waals surface area (Å²) < 4.78 is 60.3. The summed E-state index contributed by atoms with van der Waals surface area (Å²) >= 11 is 0. The molecule has 0 saturated carbocycles. The van der Waals surface area contributed by atoms with Crippen LogP contribution in [0.5, 0.6) is 0 Å². The molecule has 0 radical (unpaired) electrons. The van der Waals surface area contributed by atoms with Gasteiger partial charge in [0, 0.05) is 6.20 Å². The van der Waals surface area contributed by atoms with Gasteiger partial charge in [-0.15, -0.1) is 0 Å². The molecule has 0 aromatic carbocycles. The average molecular weight is 421 g/mol. The summed E-state index contributed by atoms with van der Waals surface area (Å²) in [5.74, 6) is -5.77.